The second-order valence-corrected chi connectivity index (χ2v) is 4.30. The lowest BCUT2D eigenvalue weighted by atomic mass is 10.1. The van der Waals surface area contributed by atoms with Gasteiger partial charge in [0.25, 0.3) is 0 Å². The van der Waals surface area contributed by atoms with Gasteiger partial charge in [-0.2, -0.15) is 0 Å². The van der Waals surface area contributed by atoms with Gasteiger partial charge in [0.2, 0.25) is 0 Å². The summed E-state index contributed by atoms with van der Waals surface area (Å²) in [6, 6.07) is 5.98. The molecular weight excluding hydrogens is 234 g/mol. The van der Waals surface area contributed by atoms with Gasteiger partial charge >= 0.3 is 0 Å². The Bertz CT molecular complexity index is 706. The lowest BCUT2D eigenvalue weighted by molar-refractivity contribution is 0.193. The quantitative estimate of drug-likeness (QED) is 0.854. The summed E-state index contributed by atoms with van der Waals surface area (Å²) in [7, 11) is 1.80. The fraction of sp³-hybridized carbons (Fsp3) is 0.294. The maximum Gasteiger partial charge on any atom is 0.125 e. The van der Waals surface area contributed by atoms with Gasteiger partial charge in [0.05, 0.1) is 6.85 Å². The van der Waals surface area contributed by atoms with Gasteiger partial charge < -0.3 is 10.1 Å². The second-order valence-electron chi connectivity index (χ2n) is 4.30. The van der Waals surface area contributed by atoms with Crippen LogP contribution in [0, 0.1) is 6.92 Å². The van der Waals surface area contributed by atoms with Crippen LogP contribution in [-0.4, -0.2) is 13.6 Å². The van der Waals surface area contributed by atoms with Crippen LogP contribution < -0.4 is 10.1 Å². The van der Waals surface area contributed by atoms with Gasteiger partial charge in [0, 0.05) is 6.42 Å². The number of aryl methyl sites for hydroxylation is 1. The molecule has 0 radical (unpaired) electrons. The predicted octanol–water partition coefficient (Wildman–Crippen LogP) is 3.72. The zero-order valence-corrected chi connectivity index (χ0v) is 11.2. The van der Waals surface area contributed by atoms with Crippen molar-refractivity contribution in [2.45, 2.75) is 19.4 Å². The number of hydrogen-bond acceptors (Lipinski definition) is 2. The van der Waals surface area contributed by atoms with E-state index in [1.54, 1.807) is 7.05 Å². The van der Waals surface area contributed by atoms with E-state index in [0.29, 0.717) is 18.7 Å². The van der Waals surface area contributed by atoms with E-state index in [4.69, 9.17) is 11.6 Å². The second kappa shape index (κ2) is 6.95. The summed E-state index contributed by atoms with van der Waals surface area (Å²) < 4.78 is 45.8. The molecule has 0 saturated carbocycles. The molecule has 0 unspecified atom stereocenters. The average molecular weight is 260 g/mol. The molecular formula is C17H21NO. The highest BCUT2D eigenvalue weighted by Crippen LogP contribution is 2.26. The van der Waals surface area contributed by atoms with Gasteiger partial charge in [-0.15, -0.1) is 0 Å². The van der Waals surface area contributed by atoms with Gasteiger partial charge in [-0.3, -0.25) is 0 Å². The molecule has 100 valence electrons. The Morgan fingerprint density at radius 2 is 1.95 bits per heavy atom. The number of hydrogen-bond donors (Lipinski definition) is 1. The van der Waals surface area contributed by atoms with Crippen LogP contribution in [0.5, 0.6) is 5.75 Å². The predicted molar refractivity (Wildman–Crippen MR) is 79.5 cm³/mol. The summed E-state index contributed by atoms with van der Waals surface area (Å²) >= 11 is 0. The molecule has 0 aliphatic carbocycles. The zero-order valence-electron chi connectivity index (χ0n) is 16.2. The monoisotopic (exact) mass is 260 g/mol. The minimum Gasteiger partial charge on any atom is -0.485 e. The topological polar surface area (TPSA) is 21.3 Å². The van der Waals surface area contributed by atoms with Gasteiger partial charge in [-0.1, -0.05) is 48.4 Å². The van der Waals surface area contributed by atoms with Crippen LogP contribution >= 0.6 is 0 Å². The average Bonchev–Trinajstić information content (AvgIpc) is 2.58. The van der Waals surface area contributed by atoms with E-state index in [1.165, 1.54) is 0 Å². The Balaban J connectivity index is 2.51. The first kappa shape index (κ1) is 8.39. The summed E-state index contributed by atoms with van der Waals surface area (Å²) in [5, 5.41) is 3.01. The molecule has 0 saturated heterocycles. The van der Waals surface area contributed by atoms with Crippen molar-refractivity contribution in [3.8, 4) is 5.75 Å². The van der Waals surface area contributed by atoms with Crippen LogP contribution in [-0.2, 0) is 0 Å². The standard InChI is InChI=1S/C17H21NO/c1-14-8-6-7-11-16(14)19-17(12-13-18-2)15-9-4-3-5-10-15/h3-11,17-18H,12-13H2,1-2H3/t17-/m1/s1/i3D,4D,5D,9D,10D. The number of para-hydroxylation sites is 1. The SMILES string of the molecule is [2H]c1c([2H])c([2H])c([C@@H](CCNC)Oc2ccccc2C)c([2H])c1[2H]. The first-order valence-electron chi connectivity index (χ1n) is 8.82. The summed E-state index contributed by atoms with van der Waals surface area (Å²) in [5.74, 6) is 0.644. The van der Waals surface area contributed by atoms with Crippen molar-refractivity contribution < 1.29 is 11.6 Å². The Morgan fingerprint density at radius 3 is 2.63 bits per heavy atom. The van der Waals surface area contributed by atoms with Crippen molar-refractivity contribution >= 4 is 0 Å². The summed E-state index contributed by atoms with van der Waals surface area (Å²) in [5.41, 5.74) is 1.12. The van der Waals surface area contributed by atoms with Crippen molar-refractivity contribution in [1.29, 1.82) is 0 Å². The smallest absolute Gasteiger partial charge is 0.125 e. The molecule has 1 N–H and O–H groups in total. The Kier molecular flexibility index (Phi) is 3.07. The van der Waals surface area contributed by atoms with Crippen LogP contribution in [0.2, 0.25) is 0 Å². The van der Waals surface area contributed by atoms with Crippen molar-refractivity contribution in [2.24, 2.45) is 0 Å². The molecule has 0 aromatic heterocycles. The summed E-state index contributed by atoms with van der Waals surface area (Å²) in [6.45, 7) is 2.51. The van der Waals surface area contributed by atoms with E-state index < -0.39 is 12.1 Å². The Hall–Kier alpha value is -1.80. The first-order valence-corrected chi connectivity index (χ1v) is 6.32. The summed E-state index contributed by atoms with van der Waals surface area (Å²) in [4.78, 5) is 0. The molecule has 0 heterocycles. The maximum atomic E-state index is 8.15. The van der Waals surface area contributed by atoms with Crippen LogP contribution in [0.25, 0.3) is 0 Å². The van der Waals surface area contributed by atoms with Crippen molar-refractivity contribution in [1.82, 2.24) is 5.32 Å². The van der Waals surface area contributed by atoms with Gasteiger partial charge in [-0.05, 0) is 37.7 Å². The molecule has 2 aromatic rings. The highest BCUT2D eigenvalue weighted by molar-refractivity contribution is 5.33. The molecule has 19 heavy (non-hydrogen) atoms. The molecule has 0 aliphatic heterocycles. The molecule has 2 aromatic carbocycles. The third-order valence-electron chi connectivity index (χ3n) is 2.86. The normalized spacial score (nSPS) is 15.8. The van der Waals surface area contributed by atoms with E-state index in [-0.39, 0.29) is 29.7 Å². The van der Waals surface area contributed by atoms with Crippen LogP contribution in [0.3, 0.4) is 0 Å². The molecule has 0 bridgehead atoms. The van der Waals surface area contributed by atoms with E-state index in [0.717, 1.165) is 5.56 Å². The van der Waals surface area contributed by atoms with E-state index >= 15 is 0 Å². The Morgan fingerprint density at radius 1 is 1.21 bits per heavy atom. The number of benzene rings is 2. The number of rotatable bonds is 6. The van der Waals surface area contributed by atoms with E-state index in [9.17, 15) is 0 Å². The van der Waals surface area contributed by atoms with Gasteiger partial charge in [0.1, 0.15) is 11.9 Å². The minimum atomic E-state index is -0.632. The molecule has 0 amide bonds. The zero-order chi connectivity index (χ0) is 17.9. The Labute approximate surface area is 122 Å². The third kappa shape index (κ3) is 3.83. The lowest BCUT2D eigenvalue weighted by Crippen LogP contribution is -2.16. The van der Waals surface area contributed by atoms with Crippen LogP contribution in [0.4, 0.5) is 0 Å². The minimum absolute atomic E-state index is 0.194. The van der Waals surface area contributed by atoms with Crippen molar-refractivity contribution in [3.05, 3.63) is 65.6 Å². The maximum absolute atomic E-state index is 8.15. The number of ether oxygens (including phenoxy) is 1. The van der Waals surface area contributed by atoms with E-state index in [1.807, 2.05) is 31.2 Å². The highest BCUT2D eigenvalue weighted by atomic mass is 16.5. The fourth-order valence-electron chi connectivity index (χ4n) is 1.80. The molecule has 0 spiro atoms. The van der Waals surface area contributed by atoms with Crippen molar-refractivity contribution in [2.75, 3.05) is 13.6 Å². The van der Waals surface area contributed by atoms with Crippen molar-refractivity contribution in [3.63, 3.8) is 0 Å². The molecule has 2 nitrogen and oxygen atoms in total. The number of nitrogens with one attached hydrogen (secondary N) is 1. The first-order chi connectivity index (χ1) is 11.4. The van der Waals surface area contributed by atoms with Gasteiger partial charge in [0.15, 0.2) is 0 Å². The molecule has 0 fully saturated rings. The fourth-order valence-corrected chi connectivity index (χ4v) is 1.80. The molecule has 2 heteroatoms. The largest absolute Gasteiger partial charge is 0.485 e. The molecule has 0 aliphatic rings. The van der Waals surface area contributed by atoms with E-state index in [2.05, 4.69) is 5.32 Å². The van der Waals surface area contributed by atoms with Crippen LogP contribution in [0.15, 0.2) is 54.5 Å². The van der Waals surface area contributed by atoms with Crippen LogP contribution in [0.1, 0.15) is 30.5 Å². The summed E-state index contributed by atoms with van der Waals surface area (Å²) in [6.07, 6.45) is -0.147. The third-order valence-corrected chi connectivity index (χ3v) is 2.86. The lowest BCUT2D eigenvalue weighted by Gasteiger charge is -2.20. The molecule has 2 rings (SSSR count). The highest BCUT2D eigenvalue weighted by Gasteiger charge is 2.13. The molecule has 1 atom stereocenters. The van der Waals surface area contributed by atoms with Gasteiger partial charge in [-0.25, -0.2) is 0 Å².